The Hall–Kier alpha value is -1.82. The van der Waals surface area contributed by atoms with Gasteiger partial charge in [-0.05, 0) is 25.5 Å². The lowest BCUT2D eigenvalue weighted by atomic mass is 10.2. The zero-order valence-electron chi connectivity index (χ0n) is 10.9. The maximum atomic E-state index is 12.8. The molecule has 5 nitrogen and oxygen atoms in total. The van der Waals surface area contributed by atoms with Crippen molar-refractivity contribution in [3.05, 3.63) is 30.1 Å². The molecule has 0 aliphatic rings. The van der Waals surface area contributed by atoms with Crippen LogP contribution in [0.2, 0.25) is 0 Å². The van der Waals surface area contributed by atoms with Gasteiger partial charge >= 0.3 is 6.03 Å². The number of carbonyl (C=O) groups is 1. The van der Waals surface area contributed by atoms with Crippen LogP contribution in [-0.2, 0) is 0 Å². The molecule has 1 atom stereocenters. The number of nitrogens with one attached hydrogen (secondary N) is 2. The fourth-order valence-electron chi connectivity index (χ4n) is 1.43. The van der Waals surface area contributed by atoms with E-state index < -0.39 is 0 Å². The molecule has 0 aromatic heterocycles. The van der Waals surface area contributed by atoms with Gasteiger partial charge in [0.15, 0.2) is 0 Å². The molecule has 1 rings (SSSR count). The average molecular weight is 270 g/mol. The van der Waals surface area contributed by atoms with Crippen molar-refractivity contribution < 1.29 is 19.0 Å². The third kappa shape index (κ3) is 6.61. The van der Waals surface area contributed by atoms with Gasteiger partial charge in [0.1, 0.15) is 18.2 Å². The Bertz CT molecular complexity index is 401. The third-order valence-corrected chi connectivity index (χ3v) is 2.39. The van der Waals surface area contributed by atoms with Crippen molar-refractivity contribution in [1.82, 2.24) is 10.6 Å². The van der Waals surface area contributed by atoms with Crippen LogP contribution in [0.25, 0.3) is 0 Å². The summed E-state index contributed by atoms with van der Waals surface area (Å²) in [7, 11) is 0. The van der Waals surface area contributed by atoms with Gasteiger partial charge in [-0.25, -0.2) is 9.18 Å². The van der Waals surface area contributed by atoms with Crippen LogP contribution in [0.5, 0.6) is 5.75 Å². The molecule has 19 heavy (non-hydrogen) atoms. The first-order valence-corrected chi connectivity index (χ1v) is 6.15. The van der Waals surface area contributed by atoms with E-state index in [0.717, 1.165) is 0 Å². The molecule has 0 fully saturated rings. The molecule has 0 saturated heterocycles. The Labute approximate surface area is 111 Å². The molecule has 6 heteroatoms. The zero-order valence-corrected chi connectivity index (χ0v) is 10.9. The van der Waals surface area contributed by atoms with Crippen molar-refractivity contribution in [3.63, 3.8) is 0 Å². The SMILES string of the molecule is C[C@H](CCO)NC(=O)NCCOc1cccc(F)c1. The number of ether oxygens (including phenoxy) is 1. The summed E-state index contributed by atoms with van der Waals surface area (Å²) < 4.78 is 18.1. The van der Waals surface area contributed by atoms with Crippen LogP contribution >= 0.6 is 0 Å². The fourth-order valence-corrected chi connectivity index (χ4v) is 1.43. The largest absolute Gasteiger partial charge is 0.492 e. The average Bonchev–Trinajstić information content (AvgIpc) is 2.35. The maximum Gasteiger partial charge on any atom is 0.315 e. The first kappa shape index (κ1) is 15.2. The van der Waals surface area contributed by atoms with Gasteiger partial charge in [0, 0.05) is 18.7 Å². The van der Waals surface area contributed by atoms with Gasteiger partial charge in [-0.1, -0.05) is 6.07 Å². The molecule has 0 unspecified atom stereocenters. The minimum atomic E-state index is -0.360. The minimum absolute atomic E-state index is 0.0319. The van der Waals surface area contributed by atoms with Crippen molar-refractivity contribution >= 4 is 6.03 Å². The predicted octanol–water partition coefficient (Wildman–Crippen LogP) is 1.27. The predicted molar refractivity (Wildman–Crippen MR) is 69.6 cm³/mol. The highest BCUT2D eigenvalue weighted by Crippen LogP contribution is 2.11. The van der Waals surface area contributed by atoms with E-state index in [9.17, 15) is 9.18 Å². The van der Waals surface area contributed by atoms with Crippen molar-refractivity contribution in [2.75, 3.05) is 19.8 Å². The molecule has 0 saturated carbocycles. The summed E-state index contributed by atoms with van der Waals surface area (Å²) in [4.78, 5) is 11.4. The molecule has 0 aliphatic carbocycles. The first-order valence-electron chi connectivity index (χ1n) is 6.15. The lowest BCUT2D eigenvalue weighted by Crippen LogP contribution is -2.42. The molecular weight excluding hydrogens is 251 g/mol. The second-order valence-electron chi connectivity index (χ2n) is 4.12. The Kier molecular flexibility index (Phi) is 6.67. The first-order chi connectivity index (χ1) is 9.11. The molecule has 2 amide bonds. The van der Waals surface area contributed by atoms with E-state index in [4.69, 9.17) is 9.84 Å². The Balaban J connectivity index is 2.15. The van der Waals surface area contributed by atoms with Crippen molar-refractivity contribution in [3.8, 4) is 5.75 Å². The van der Waals surface area contributed by atoms with Crippen molar-refractivity contribution in [2.24, 2.45) is 0 Å². The molecule has 0 bridgehead atoms. The highest BCUT2D eigenvalue weighted by Gasteiger charge is 2.05. The molecule has 1 aromatic rings. The summed E-state index contributed by atoms with van der Waals surface area (Å²) >= 11 is 0. The van der Waals surface area contributed by atoms with Gasteiger partial charge in [0.05, 0.1) is 6.54 Å². The van der Waals surface area contributed by atoms with Crippen LogP contribution in [0, 0.1) is 5.82 Å². The number of rotatable bonds is 7. The van der Waals surface area contributed by atoms with E-state index in [1.807, 2.05) is 0 Å². The second-order valence-corrected chi connectivity index (χ2v) is 4.12. The number of hydrogen-bond donors (Lipinski definition) is 3. The second kappa shape index (κ2) is 8.31. The number of hydrogen-bond acceptors (Lipinski definition) is 3. The van der Waals surface area contributed by atoms with E-state index in [1.165, 1.54) is 12.1 Å². The van der Waals surface area contributed by atoms with E-state index in [-0.39, 0.29) is 31.1 Å². The maximum absolute atomic E-state index is 12.8. The number of carbonyl (C=O) groups excluding carboxylic acids is 1. The smallest absolute Gasteiger partial charge is 0.315 e. The van der Waals surface area contributed by atoms with Gasteiger partial charge in [0.2, 0.25) is 0 Å². The lowest BCUT2D eigenvalue weighted by molar-refractivity contribution is 0.227. The van der Waals surface area contributed by atoms with Gasteiger partial charge in [-0.3, -0.25) is 0 Å². The lowest BCUT2D eigenvalue weighted by Gasteiger charge is -2.13. The summed E-state index contributed by atoms with van der Waals surface area (Å²) in [6, 6.07) is 5.41. The monoisotopic (exact) mass is 270 g/mol. The molecule has 0 aliphatic heterocycles. The van der Waals surface area contributed by atoms with Crippen LogP contribution in [0.4, 0.5) is 9.18 Å². The number of urea groups is 1. The normalized spacial score (nSPS) is 11.7. The molecule has 3 N–H and O–H groups in total. The highest BCUT2D eigenvalue weighted by atomic mass is 19.1. The summed E-state index contributed by atoms with van der Waals surface area (Å²) in [5, 5.41) is 14.0. The van der Waals surface area contributed by atoms with E-state index in [0.29, 0.717) is 18.7 Å². The highest BCUT2D eigenvalue weighted by molar-refractivity contribution is 5.74. The summed E-state index contributed by atoms with van der Waals surface area (Å²) in [5.41, 5.74) is 0. The molecule has 0 heterocycles. The Morgan fingerprint density at radius 2 is 2.32 bits per heavy atom. The van der Waals surface area contributed by atoms with Gasteiger partial charge in [0.25, 0.3) is 0 Å². The van der Waals surface area contributed by atoms with E-state index in [2.05, 4.69) is 10.6 Å². The standard InChI is InChI=1S/C13H19FN2O3/c1-10(5-7-17)16-13(18)15-6-8-19-12-4-2-3-11(14)9-12/h2-4,9-10,17H,5-8H2,1H3,(H2,15,16,18)/t10-/m1/s1. The van der Waals surface area contributed by atoms with Crippen LogP contribution in [0.3, 0.4) is 0 Å². The molecule has 106 valence electrons. The summed E-state index contributed by atoms with van der Waals surface area (Å²) in [5.74, 6) is 0.0666. The number of aliphatic hydroxyl groups is 1. The van der Waals surface area contributed by atoms with Crippen LogP contribution in [-0.4, -0.2) is 36.9 Å². The van der Waals surface area contributed by atoms with Crippen molar-refractivity contribution in [2.45, 2.75) is 19.4 Å². The minimum Gasteiger partial charge on any atom is -0.492 e. The molecule has 0 spiro atoms. The molecular formula is C13H19FN2O3. The quantitative estimate of drug-likeness (QED) is 0.654. The zero-order chi connectivity index (χ0) is 14.1. The van der Waals surface area contributed by atoms with Gasteiger partial charge in [-0.2, -0.15) is 0 Å². The van der Waals surface area contributed by atoms with E-state index >= 15 is 0 Å². The number of aliphatic hydroxyl groups excluding tert-OH is 1. The topological polar surface area (TPSA) is 70.6 Å². The Morgan fingerprint density at radius 1 is 1.53 bits per heavy atom. The van der Waals surface area contributed by atoms with E-state index in [1.54, 1.807) is 19.1 Å². The van der Waals surface area contributed by atoms with Gasteiger partial charge < -0.3 is 20.5 Å². The van der Waals surface area contributed by atoms with Crippen LogP contribution in [0.1, 0.15) is 13.3 Å². The van der Waals surface area contributed by atoms with Crippen molar-refractivity contribution in [1.29, 1.82) is 0 Å². The van der Waals surface area contributed by atoms with Crippen LogP contribution < -0.4 is 15.4 Å². The third-order valence-electron chi connectivity index (χ3n) is 2.39. The number of amides is 2. The van der Waals surface area contributed by atoms with Gasteiger partial charge in [-0.15, -0.1) is 0 Å². The van der Waals surface area contributed by atoms with Crippen LogP contribution in [0.15, 0.2) is 24.3 Å². The molecule has 0 radical (unpaired) electrons. The molecule has 1 aromatic carbocycles. The summed E-state index contributed by atoms with van der Waals surface area (Å²) in [6.45, 7) is 2.41. The number of halogens is 1. The summed E-state index contributed by atoms with van der Waals surface area (Å²) in [6.07, 6.45) is 0.507. The Morgan fingerprint density at radius 3 is 3.00 bits per heavy atom. The fraction of sp³-hybridized carbons (Fsp3) is 0.462. The number of benzene rings is 1.